The molecule has 3 nitrogen and oxygen atoms in total. The summed E-state index contributed by atoms with van der Waals surface area (Å²) >= 11 is 6.00. The van der Waals surface area contributed by atoms with E-state index >= 15 is 0 Å². The zero-order chi connectivity index (χ0) is 7.82. The Morgan fingerprint density at radius 2 is 2.55 bits per heavy atom. The molecule has 0 aliphatic carbocycles. The predicted molar refractivity (Wildman–Crippen MR) is 45.2 cm³/mol. The van der Waals surface area contributed by atoms with Gasteiger partial charge in [-0.05, 0) is 18.7 Å². The Hall–Kier alpha value is 0.138. The van der Waals surface area contributed by atoms with E-state index in [9.17, 15) is 4.79 Å². The minimum atomic E-state index is 0. The van der Waals surface area contributed by atoms with Crippen LogP contribution in [0, 0.1) is 0 Å². The second kappa shape index (κ2) is 10.1. The normalized spacial score (nSPS) is 7.27. The van der Waals surface area contributed by atoms with Crippen LogP contribution in [0.5, 0.6) is 0 Å². The van der Waals surface area contributed by atoms with Crippen molar-refractivity contribution in [2.45, 2.75) is 0 Å². The second-order valence-corrected chi connectivity index (χ2v) is 2.87. The Balaban J connectivity index is 0. The van der Waals surface area contributed by atoms with Gasteiger partial charge in [-0.2, -0.15) is 0 Å². The number of hydrogen-bond acceptors (Lipinski definition) is 4. The second-order valence-electron chi connectivity index (χ2n) is 1.17. The van der Waals surface area contributed by atoms with Crippen molar-refractivity contribution < 1.29 is 30.7 Å². The van der Waals surface area contributed by atoms with Crippen molar-refractivity contribution >= 4 is 34.8 Å². The third kappa shape index (κ3) is 10.1. The van der Waals surface area contributed by atoms with Gasteiger partial charge in [-0.25, -0.2) is 5.48 Å². The summed E-state index contributed by atoms with van der Waals surface area (Å²) in [5.41, 5.74) is 2.19. The summed E-state index contributed by atoms with van der Waals surface area (Å²) in [7, 11) is 0. The largest absolute Gasteiger partial charge is 0.545 e. The summed E-state index contributed by atoms with van der Waals surface area (Å²) < 4.78 is 0.392. The topological polar surface area (TPSA) is 38.3 Å². The summed E-state index contributed by atoms with van der Waals surface area (Å²) in [4.78, 5) is 13.5. The van der Waals surface area contributed by atoms with Crippen molar-refractivity contribution in [3.63, 3.8) is 0 Å². The van der Waals surface area contributed by atoms with Crippen LogP contribution in [0.3, 0.4) is 0 Å². The molecule has 6 heteroatoms. The van der Waals surface area contributed by atoms with Gasteiger partial charge in [0.05, 0.1) is 0 Å². The fourth-order valence-electron chi connectivity index (χ4n) is 0.227. The van der Waals surface area contributed by atoms with Crippen LogP contribution >= 0.6 is 24.0 Å². The monoisotopic (exact) mass is 274 g/mol. The summed E-state index contributed by atoms with van der Waals surface area (Å²) in [5.74, 6) is 0.689. The molecular formula is C5H6MoNO2S2-. The Bertz CT molecular complexity index is 128. The molecule has 0 saturated heterocycles. The van der Waals surface area contributed by atoms with E-state index in [1.54, 1.807) is 6.08 Å². The first kappa shape index (κ1) is 13.7. The van der Waals surface area contributed by atoms with Gasteiger partial charge in [-0.15, -0.1) is 6.58 Å². The number of carbonyl (C=O) groups excluding carboxylic acids is 1. The molecule has 0 saturated carbocycles. The Morgan fingerprint density at radius 3 is 3.00 bits per heavy atom. The van der Waals surface area contributed by atoms with E-state index in [4.69, 9.17) is 0 Å². The van der Waals surface area contributed by atoms with E-state index in [1.807, 2.05) is 0 Å². The molecule has 0 heterocycles. The first-order valence-corrected chi connectivity index (χ1v) is 3.77. The van der Waals surface area contributed by atoms with Gasteiger partial charge in [0.15, 0.2) is 4.32 Å². The van der Waals surface area contributed by atoms with Crippen LogP contribution in [-0.2, 0) is 30.7 Å². The zero-order valence-electron chi connectivity index (χ0n) is 5.53. The minimum Gasteiger partial charge on any atom is -0.545 e. The van der Waals surface area contributed by atoms with Gasteiger partial charge in [-0.1, -0.05) is 17.8 Å². The summed E-state index contributed by atoms with van der Waals surface area (Å²) in [6.07, 6.45) is 1.70. The zero-order valence-corrected chi connectivity index (χ0v) is 9.17. The van der Waals surface area contributed by atoms with Crippen molar-refractivity contribution in [2.75, 3.05) is 5.75 Å². The molecule has 62 valence electrons. The summed E-state index contributed by atoms with van der Waals surface area (Å²) in [6, 6.07) is 0. The van der Waals surface area contributed by atoms with Crippen LogP contribution in [0.2, 0.25) is 0 Å². The van der Waals surface area contributed by atoms with E-state index in [-0.39, 0.29) is 21.1 Å². The molecule has 11 heavy (non-hydrogen) atoms. The third-order valence-electron chi connectivity index (χ3n) is 0.508. The number of thioether (sulfide) groups is 1. The van der Waals surface area contributed by atoms with Crippen LogP contribution in [0.15, 0.2) is 12.7 Å². The maximum absolute atomic E-state index is 9.48. The molecule has 0 bridgehead atoms. The van der Waals surface area contributed by atoms with Crippen molar-refractivity contribution in [3.8, 4) is 0 Å². The molecule has 0 fully saturated rings. The van der Waals surface area contributed by atoms with Crippen LogP contribution in [0.1, 0.15) is 0 Å². The van der Waals surface area contributed by atoms with Gasteiger partial charge in [-0.3, -0.25) is 0 Å². The number of hydrogen-bond donors (Lipinski definition) is 1. The van der Waals surface area contributed by atoms with Gasteiger partial charge in [0.2, 0.25) is 0 Å². The van der Waals surface area contributed by atoms with Crippen LogP contribution in [0.25, 0.3) is 0 Å². The van der Waals surface area contributed by atoms with Crippen LogP contribution in [-0.4, -0.2) is 16.5 Å². The number of hydroxylamine groups is 1. The third-order valence-corrected chi connectivity index (χ3v) is 1.69. The molecule has 0 amide bonds. The van der Waals surface area contributed by atoms with Crippen LogP contribution < -0.4 is 5.48 Å². The fraction of sp³-hybridized carbons (Fsp3) is 0.200. The minimum absolute atomic E-state index is 0. The summed E-state index contributed by atoms with van der Waals surface area (Å²) in [5, 5.41) is 0. The van der Waals surface area contributed by atoms with Crippen molar-refractivity contribution in [1.82, 2.24) is 5.48 Å². The molecule has 0 spiro atoms. The van der Waals surface area contributed by atoms with Gasteiger partial charge in [0.25, 0.3) is 0 Å². The first-order chi connectivity index (χ1) is 4.81. The average molecular weight is 272 g/mol. The molecule has 0 aromatic rings. The van der Waals surface area contributed by atoms with Gasteiger partial charge >= 0.3 is 0 Å². The van der Waals surface area contributed by atoms with E-state index in [0.29, 0.717) is 10.1 Å². The molecule has 0 radical (unpaired) electrons. The number of thiocarbonyl (C=S) groups is 1. The molecule has 0 unspecified atom stereocenters. The van der Waals surface area contributed by atoms with E-state index in [0.717, 1.165) is 0 Å². The Kier molecular flexibility index (Phi) is 12.6. The molecule has 0 aromatic carbocycles. The van der Waals surface area contributed by atoms with Crippen LogP contribution in [0.4, 0.5) is 0 Å². The SMILES string of the molecule is C=CCSC(=S)NO[C-]=O.[Mo]. The number of nitrogens with one attached hydrogen (secondary N) is 1. The van der Waals surface area contributed by atoms with Gasteiger partial charge < -0.3 is 9.63 Å². The smallest absolute Gasteiger partial charge is 0.164 e. The van der Waals surface area contributed by atoms with Crippen molar-refractivity contribution in [1.29, 1.82) is 0 Å². The quantitative estimate of drug-likeness (QED) is 0.269. The Morgan fingerprint density at radius 1 is 1.91 bits per heavy atom. The van der Waals surface area contributed by atoms with E-state index in [1.165, 1.54) is 18.2 Å². The molecule has 0 aliphatic rings. The molecular weight excluding hydrogens is 266 g/mol. The molecule has 0 aromatic heterocycles. The van der Waals surface area contributed by atoms with Crippen molar-refractivity contribution in [3.05, 3.63) is 12.7 Å². The standard InChI is InChI=1S/C5H6NO2S2.Mo/c1-2-3-10-5(9)6-8-4-7;/h2H,1,3H2,(H,6,9);/q-1;. The first-order valence-electron chi connectivity index (χ1n) is 2.38. The fourth-order valence-corrected chi connectivity index (χ4v) is 0.842. The molecule has 0 atom stereocenters. The summed E-state index contributed by atoms with van der Waals surface area (Å²) in [6.45, 7) is 4.67. The predicted octanol–water partition coefficient (Wildman–Crippen LogP) is 0.776. The van der Waals surface area contributed by atoms with E-state index in [2.05, 4.69) is 29.1 Å². The molecule has 0 rings (SSSR count). The Labute approximate surface area is 89.2 Å². The van der Waals surface area contributed by atoms with Gasteiger partial charge in [0.1, 0.15) is 0 Å². The van der Waals surface area contributed by atoms with E-state index < -0.39 is 0 Å². The molecule has 0 aliphatic heterocycles. The molecule has 1 N–H and O–H groups in total. The number of rotatable bonds is 4. The maximum Gasteiger partial charge on any atom is 0.164 e. The maximum atomic E-state index is 9.48. The van der Waals surface area contributed by atoms with Crippen molar-refractivity contribution in [2.24, 2.45) is 0 Å². The van der Waals surface area contributed by atoms with Gasteiger partial charge in [0, 0.05) is 26.8 Å². The average Bonchev–Trinajstić information content (AvgIpc) is 1.97.